The lowest BCUT2D eigenvalue weighted by atomic mass is 10.2. The lowest BCUT2D eigenvalue weighted by Crippen LogP contribution is -2.18. The highest BCUT2D eigenvalue weighted by Gasteiger charge is 2.14. The summed E-state index contributed by atoms with van der Waals surface area (Å²) in [6.07, 6.45) is 1.50. The smallest absolute Gasteiger partial charge is 0.229 e. The lowest BCUT2D eigenvalue weighted by molar-refractivity contribution is 0.449. The van der Waals surface area contributed by atoms with E-state index in [9.17, 15) is 13.2 Å². The highest BCUT2D eigenvalue weighted by atomic mass is 19.2. The number of nitrogens with zero attached hydrogens (tertiary/aromatic N) is 3. The predicted molar refractivity (Wildman–Crippen MR) is 90.2 cm³/mol. The van der Waals surface area contributed by atoms with E-state index in [1.807, 2.05) is 42.3 Å². The highest BCUT2D eigenvalue weighted by Crippen LogP contribution is 2.23. The van der Waals surface area contributed by atoms with Gasteiger partial charge in [0.05, 0.1) is 5.69 Å². The fraction of sp³-hybridized carbons (Fsp3) is 0.111. The van der Waals surface area contributed by atoms with Crippen LogP contribution in [0.4, 0.5) is 30.6 Å². The number of nitrogens with one attached hydrogen (secondary N) is 1. The molecule has 3 aromatic rings. The molecule has 7 heteroatoms. The van der Waals surface area contributed by atoms with Gasteiger partial charge in [-0.1, -0.05) is 30.3 Å². The summed E-state index contributed by atoms with van der Waals surface area (Å²) in [5, 5.41) is 2.57. The molecule has 0 saturated carbocycles. The van der Waals surface area contributed by atoms with Crippen molar-refractivity contribution in [3.05, 3.63) is 77.7 Å². The second-order valence-corrected chi connectivity index (χ2v) is 5.43. The fourth-order valence-electron chi connectivity index (χ4n) is 2.30. The first kappa shape index (κ1) is 16.8. The van der Waals surface area contributed by atoms with Crippen LogP contribution in [0.1, 0.15) is 5.56 Å². The fourth-order valence-corrected chi connectivity index (χ4v) is 2.30. The normalized spacial score (nSPS) is 10.6. The first-order chi connectivity index (χ1) is 12.0. The van der Waals surface area contributed by atoms with Gasteiger partial charge in [-0.3, -0.25) is 0 Å². The van der Waals surface area contributed by atoms with Crippen LogP contribution in [0.15, 0.2) is 54.7 Å². The molecule has 0 aliphatic heterocycles. The van der Waals surface area contributed by atoms with Gasteiger partial charge in [0, 0.05) is 19.8 Å². The zero-order chi connectivity index (χ0) is 17.8. The quantitative estimate of drug-likeness (QED) is 0.702. The molecule has 0 atom stereocenters. The van der Waals surface area contributed by atoms with Crippen molar-refractivity contribution in [1.29, 1.82) is 0 Å². The molecular weight excluding hydrogens is 329 g/mol. The zero-order valence-corrected chi connectivity index (χ0v) is 13.4. The standard InChI is InChI=1S/C18H15F3N4/c1-25(11-12-5-3-2-4-6-12)15-9-10-22-18(24-15)23-14-8-7-13(19)16(20)17(14)21/h2-10H,11H2,1H3,(H,22,23,24). The summed E-state index contributed by atoms with van der Waals surface area (Å²) in [4.78, 5) is 10.2. The average Bonchev–Trinajstić information content (AvgIpc) is 2.63. The SMILES string of the molecule is CN(Cc1ccccc1)c1ccnc(Nc2ccc(F)c(F)c2F)n1. The van der Waals surface area contributed by atoms with Crippen molar-refractivity contribution < 1.29 is 13.2 Å². The monoisotopic (exact) mass is 344 g/mol. The molecule has 3 rings (SSSR count). The molecule has 0 saturated heterocycles. The summed E-state index contributed by atoms with van der Waals surface area (Å²) in [7, 11) is 1.86. The maximum absolute atomic E-state index is 13.8. The van der Waals surface area contributed by atoms with Crippen molar-refractivity contribution >= 4 is 17.5 Å². The summed E-state index contributed by atoms with van der Waals surface area (Å²) in [5.74, 6) is -3.42. The van der Waals surface area contributed by atoms with Crippen LogP contribution in [0.3, 0.4) is 0 Å². The minimum atomic E-state index is -1.54. The van der Waals surface area contributed by atoms with Crippen LogP contribution < -0.4 is 10.2 Å². The van der Waals surface area contributed by atoms with Gasteiger partial charge in [-0.25, -0.2) is 18.2 Å². The van der Waals surface area contributed by atoms with E-state index >= 15 is 0 Å². The number of benzene rings is 2. The van der Waals surface area contributed by atoms with Gasteiger partial charge in [0.2, 0.25) is 5.95 Å². The van der Waals surface area contributed by atoms with E-state index in [2.05, 4.69) is 15.3 Å². The highest BCUT2D eigenvalue weighted by molar-refractivity contribution is 5.56. The van der Waals surface area contributed by atoms with E-state index in [0.29, 0.717) is 12.4 Å². The van der Waals surface area contributed by atoms with Gasteiger partial charge in [-0.2, -0.15) is 4.98 Å². The Morgan fingerprint density at radius 3 is 2.48 bits per heavy atom. The van der Waals surface area contributed by atoms with E-state index in [-0.39, 0.29) is 11.6 Å². The number of hydrogen-bond acceptors (Lipinski definition) is 4. The Bertz CT molecular complexity index is 871. The third kappa shape index (κ3) is 3.88. The molecule has 0 amide bonds. The predicted octanol–water partition coefficient (Wildman–Crippen LogP) is 4.27. The van der Waals surface area contributed by atoms with Crippen molar-refractivity contribution in [2.24, 2.45) is 0 Å². The summed E-state index contributed by atoms with van der Waals surface area (Å²) in [6.45, 7) is 0.622. The van der Waals surface area contributed by atoms with E-state index in [1.165, 1.54) is 6.20 Å². The maximum atomic E-state index is 13.8. The molecule has 0 aliphatic rings. The molecule has 2 aromatic carbocycles. The zero-order valence-electron chi connectivity index (χ0n) is 13.4. The molecule has 1 aromatic heterocycles. The van der Waals surface area contributed by atoms with Crippen molar-refractivity contribution in [2.75, 3.05) is 17.3 Å². The van der Waals surface area contributed by atoms with Gasteiger partial charge in [0.1, 0.15) is 5.82 Å². The molecule has 25 heavy (non-hydrogen) atoms. The van der Waals surface area contributed by atoms with Crippen LogP contribution in [-0.2, 0) is 6.54 Å². The Kier molecular flexibility index (Phi) is 4.83. The Labute approximate surface area is 143 Å². The largest absolute Gasteiger partial charge is 0.355 e. The second kappa shape index (κ2) is 7.21. The summed E-state index contributed by atoms with van der Waals surface area (Å²) in [6, 6.07) is 13.5. The molecule has 0 unspecified atom stereocenters. The summed E-state index contributed by atoms with van der Waals surface area (Å²) < 4.78 is 40.1. The second-order valence-electron chi connectivity index (χ2n) is 5.43. The van der Waals surface area contributed by atoms with Gasteiger partial charge in [-0.15, -0.1) is 0 Å². The molecule has 1 heterocycles. The molecule has 0 aliphatic carbocycles. The molecule has 1 N–H and O–H groups in total. The third-order valence-electron chi connectivity index (χ3n) is 3.58. The number of halogens is 3. The van der Waals surface area contributed by atoms with Crippen LogP contribution in [0.25, 0.3) is 0 Å². The van der Waals surface area contributed by atoms with Crippen LogP contribution >= 0.6 is 0 Å². The van der Waals surface area contributed by atoms with Crippen LogP contribution in [0.5, 0.6) is 0 Å². The topological polar surface area (TPSA) is 41.1 Å². The molecule has 4 nitrogen and oxygen atoms in total. The first-order valence-electron chi connectivity index (χ1n) is 7.53. The first-order valence-corrected chi connectivity index (χ1v) is 7.53. The van der Waals surface area contributed by atoms with Crippen molar-refractivity contribution in [3.63, 3.8) is 0 Å². The lowest BCUT2D eigenvalue weighted by Gasteiger charge is -2.18. The number of anilines is 3. The van der Waals surface area contributed by atoms with E-state index < -0.39 is 17.5 Å². The van der Waals surface area contributed by atoms with Crippen LogP contribution in [0, 0.1) is 17.5 Å². The van der Waals surface area contributed by atoms with E-state index in [1.54, 1.807) is 6.07 Å². The molecule has 0 spiro atoms. The third-order valence-corrected chi connectivity index (χ3v) is 3.58. The van der Waals surface area contributed by atoms with E-state index in [4.69, 9.17) is 0 Å². The maximum Gasteiger partial charge on any atom is 0.229 e. The van der Waals surface area contributed by atoms with Crippen molar-refractivity contribution in [3.8, 4) is 0 Å². The average molecular weight is 344 g/mol. The van der Waals surface area contributed by atoms with Gasteiger partial charge in [-0.05, 0) is 23.8 Å². The molecule has 0 bridgehead atoms. The summed E-state index contributed by atoms with van der Waals surface area (Å²) in [5.41, 5.74) is 0.867. The number of rotatable bonds is 5. The minimum absolute atomic E-state index is 0.0855. The number of aromatic nitrogens is 2. The van der Waals surface area contributed by atoms with Gasteiger partial charge in [0.15, 0.2) is 17.5 Å². The molecule has 128 valence electrons. The Hall–Kier alpha value is -3.09. The van der Waals surface area contributed by atoms with Crippen LogP contribution in [0.2, 0.25) is 0 Å². The molecular formula is C18H15F3N4. The van der Waals surface area contributed by atoms with Gasteiger partial charge >= 0.3 is 0 Å². The molecule has 0 fully saturated rings. The van der Waals surface area contributed by atoms with Gasteiger partial charge in [0.25, 0.3) is 0 Å². The van der Waals surface area contributed by atoms with Crippen molar-refractivity contribution in [1.82, 2.24) is 9.97 Å². The van der Waals surface area contributed by atoms with Crippen LogP contribution in [-0.4, -0.2) is 17.0 Å². The number of hydrogen-bond donors (Lipinski definition) is 1. The Morgan fingerprint density at radius 1 is 0.960 bits per heavy atom. The Balaban J connectivity index is 1.79. The molecule has 0 radical (unpaired) electrons. The Morgan fingerprint density at radius 2 is 1.72 bits per heavy atom. The minimum Gasteiger partial charge on any atom is -0.355 e. The van der Waals surface area contributed by atoms with E-state index in [0.717, 1.165) is 17.7 Å². The van der Waals surface area contributed by atoms with Gasteiger partial charge < -0.3 is 10.2 Å². The summed E-state index contributed by atoms with van der Waals surface area (Å²) >= 11 is 0. The van der Waals surface area contributed by atoms with Crippen molar-refractivity contribution in [2.45, 2.75) is 6.54 Å².